The van der Waals surface area contributed by atoms with Crippen LogP contribution in [0.5, 0.6) is 0 Å². The van der Waals surface area contributed by atoms with E-state index in [0.29, 0.717) is 18.2 Å². The van der Waals surface area contributed by atoms with Crippen molar-refractivity contribution in [1.29, 1.82) is 0 Å². The normalized spacial score (nSPS) is 16.9. The molecule has 2 saturated heterocycles. The minimum Gasteiger partial charge on any atom is -0.353 e. The van der Waals surface area contributed by atoms with Crippen molar-refractivity contribution < 1.29 is 9.18 Å². The topological polar surface area (TPSA) is 68.7 Å². The summed E-state index contributed by atoms with van der Waals surface area (Å²) in [5, 5.41) is 0. The van der Waals surface area contributed by atoms with Gasteiger partial charge in [-0.25, -0.2) is 14.4 Å². The second-order valence-electron chi connectivity index (χ2n) is 11.6. The summed E-state index contributed by atoms with van der Waals surface area (Å²) < 4.78 is 13.7. The second kappa shape index (κ2) is 12.4. The molecule has 9 heteroatoms. The molecule has 4 heterocycles. The lowest BCUT2D eigenvalue weighted by Gasteiger charge is -2.37. The number of hydrogen-bond donors (Lipinski definition) is 0. The fraction of sp³-hybridized carbons (Fsp3) is 0.353. The quantitative estimate of drug-likeness (QED) is 0.283. The van der Waals surface area contributed by atoms with Gasteiger partial charge in [0, 0.05) is 70.2 Å². The van der Waals surface area contributed by atoms with E-state index < -0.39 is 0 Å². The van der Waals surface area contributed by atoms with Crippen LogP contribution in [-0.4, -0.2) is 71.6 Å². The van der Waals surface area contributed by atoms with Crippen LogP contribution in [-0.2, 0) is 6.54 Å². The lowest BCUT2D eigenvalue weighted by atomic mass is 10.1. The highest BCUT2D eigenvalue weighted by molar-refractivity contribution is 5.94. The van der Waals surface area contributed by atoms with E-state index in [9.17, 15) is 9.18 Å². The van der Waals surface area contributed by atoms with Gasteiger partial charge in [-0.05, 0) is 68.1 Å². The molecule has 0 N–H and O–H groups in total. The Balaban J connectivity index is 1.16. The number of carbonyl (C=O) groups is 1. The molecule has 43 heavy (non-hydrogen) atoms. The van der Waals surface area contributed by atoms with E-state index in [2.05, 4.69) is 21.6 Å². The highest BCUT2D eigenvalue weighted by Gasteiger charge is 2.27. The first kappa shape index (κ1) is 28.6. The molecular formula is C34H38FN7O. The van der Waals surface area contributed by atoms with Crippen LogP contribution in [0, 0.1) is 12.7 Å². The molecule has 0 saturated carbocycles. The summed E-state index contributed by atoms with van der Waals surface area (Å²) in [6.45, 7) is 8.83. The first-order valence-corrected chi connectivity index (χ1v) is 15.0. The molecule has 1 unspecified atom stereocenters. The number of nitrogens with zero attached hydrogens (tertiary/aromatic N) is 7. The number of piperazine rings is 1. The van der Waals surface area contributed by atoms with Gasteiger partial charge in [-0.3, -0.25) is 4.79 Å². The van der Waals surface area contributed by atoms with Crippen LogP contribution in [0.3, 0.4) is 0 Å². The molecule has 1 amide bonds. The van der Waals surface area contributed by atoms with Crippen LogP contribution in [0.25, 0.3) is 11.3 Å². The summed E-state index contributed by atoms with van der Waals surface area (Å²) in [7, 11) is 1.82. The van der Waals surface area contributed by atoms with Gasteiger partial charge in [-0.1, -0.05) is 30.3 Å². The fourth-order valence-electron chi connectivity index (χ4n) is 6.02. The SMILES string of the molecule is Cc1cc(C(=O)N(C)Cc2ccccc2)cnc1N1CCN(c2cc(-c3ccc(F)cc3)nc(N3CCCC3C)n2)CC1. The van der Waals surface area contributed by atoms with Gasteiger partial charge in [0.05, 0.1) is 11.3 Å². The monoisotopic (exact) mass is 579 g/mol. The molecule has 222 valence electrons. The van der Waals surface area contributed by atoms with E-state index in [1.807, 2.05) is 56.4 Å². The third kappa shape index (κ3) is 6.30. The molecule has 0 radical (unpaired) electrons. The molecule has 2 aliphatic rings. The Morgan fingerprint density at radius 1 is 0.953 bits per heavy atom. The molecule has 6 rings (SSSR count). The number of aromatic nitrogens is 3. The number of halogens is 1. The predicted molar refractivity (Wildman–Crippen MR) is 169 cm³/mol. The zero-order valence-electron chi connectivity index (χ0n) is 25.1. The van der Waals surface area contributed by atoms with Crippen molar-refractivity contribution >= 4 is 23.5 Å². The molecule has 0 bridgehead atoms. The third-order valence-corrected chi connectivity index (χ3v) is 8.46. The van der Waals surface area contributed by atoms with Crippen molar-refractivity contribution in [1.82, 2.24) is 19.9 Å². The number of anilines is 3. The van der Waals surface area contributed by atoms with Gasteiger partial charge in [0.25, 0.3) is 5.91 Å². The Labute approximate surface area is 252 Å². The second-order valence-corrected chi connectivity index (χ2v) is 11.6. The number of rotatable bonds is 7. The van der Waals surface area contributed by atoms with Gasteiger partial charge in [0.15, 0.2) is 0 Å². The molecule has 0 spiro atoms. The molecule has 2 aromatic carbocycles. The zero-order chi connectivity index (χ0) is 29.9. The van der Waals surface area contributed by atoms with Gasteiger partial charge < -0.3 is 19.6 Å². The minimum absolute atomic E-state index is 0.0420. The number of amides is 1. The van der Waals surface area contributed by atoms with Crippen LogP contribution in [0.1, 0.15) is 41.3 Å². The molecule has 0 aliphatic carbocycles. The van der Waals surface area contributed by atoms with Crippen molar-refractivity contribution in [3.8, 4) is 11.3 Å². The standard InChI is InChI=1S/C34H38FN7O/c1-24-20-28(33(43)39(3)23-26-9-5-4-6-10-26)22-36-32(24)41-18-16-40(17-19-41)31-21-30(27-11-13-29(35)14-12-27)37-34(38-31)42-15-7-8-25(42)2/h4-6,9-14,20-22,25H,7-8,15-19,23H2,1-3H3. The van der Waals surface area contributed by atoms with Gasteiger partial charge in [-0.2, -0.15) is 4.98 Å². The van der Waals surface area contributed by atoms with Crippen molar-refractivity contribution in [2.24, 2.45) is 0 Å². The number of hydrogen-bond acceptors (Lipinski definition) is 7. The maximum atomic E-state index is 13.7. The summed E-state index contributed by atoms with van der Waals surface area (Å²) >= 11 is 0. The minimum atomic E-state index is -0.261. The van der Waals surface area contributed by atoms with E-state index in [1.54, 1.807) is 23.2 Å². The van der Waals surface area contributed by atoms with E-state index in [4.69, 9.17) is 15.0 Å². The smallest absolute Gasteiger partial charge is 0.255 e. The summed E-state index contributed by atoms with van der Waals surface area (Å²) in [6, 6.07) is 20.8. The average Bonchev–Trinajstić information content (AvgIpc) is 3.47. The molecular weight excluding hydrogens is 541 g/mol. The van der Waals surface area contributed by atoms with Gasteiger partial charge in [-0.15, -0.1) is 0 Å². The first-order chi connectivity index (χ1) is 20.9. The third-order valence-electron chi connectivity index (χ3n) is 8.46. The Morgan fingerprint density at radius 3 is 2.35 bits per heavy atom. The average molecular weight is 580 g/mol. The van der Waals surface area contributed by atoms with Crippen molar-refractivity contribution in [3.63, 3.8) is 0 Å². The van der Waals surface area contributed by atoms with Crippen LogP contribution >= 0.6 is 0 Å². The Kier molecular flexibility index (Phi) is 8.22. The number of benzene rings is 2. The number of aryl methyl sites for hydroxylation is 1. The van der Waals surface area contributed by atoms with Crippen molar-refractivity contribution in [2.75, 3.05) is 54.5 Å². The van der Waals surface area contributed by atoms with Gasteiger partial charge in [0.1, 0.15) is 17.5 Å². The van der Waals surface area contributed by atoms with Crippen LogP contribution in [0.2, 0.25) is 0 Å². The van der Waals surface area contributed by atoms with E-state index >= 15 is 0 Å². The lowest BCUT2D eigenvalue weighted by molar-refractivity contribution is 0.0784. The van der Waals surface area contributed by atoms with Crippen molar-refractivity contribution in [3.05, 3.63) is 95.4 Å². The molecule has 2 aliphatic heterocycles. The van der Waals surface area contributed by atoms with Crippen LogP contribution in [0.4, 0.5) is 22.0 Å². The van der Waals surface area contributed by atoms with Crippen molar-refractivity contribution in [2.45, 2.75) is 39.3 Å². The Morgan fingerprint density at radius 2 is 1.67 bits per heavy atom. The zero-order valence-corrected chi connectivity index (χ0v) is 25.1. The fourth-order valence-corrected chi connectivity index (χ4v) is 6.02. The Bertz CT molecular complexity index is 1570. The van der Waals surface area contributed by atoms with Gasteiger partial charge in [0.2, 0.25) is 5.95 Å². The summed E-state index contributed by atoms with van der Waals surface area (Å²) in [5.41, 5.74) is 4.35. The lowest BCUT2D eigenvalue weighted by Crippen LogP contribution is -2.47. The summed E-state index contributed by atoms with van der Waals surface area (Å²) in [4.78, 5) is 36.3. The first-order valence-electron chi connectivity index (χ1n) is 15.0. The molecule has 2 aromatic heterocycles. The summed E-state index contributed by atoms with van der Waals surface area (Å²) in [6.07, 6.45) is 3.94. The van der Waals surface area contributed by atoms with E-state index in [1.165, 1.54) is 12.1 Å². The number of pyridine rings is 1. The predicted octanol–water partition coefficient (Wildman–Crippen LogP) is 5.57. The molecule has 2 fully saturated rings. The maximum Gasteiger partial charge on any atom is 0.255 e. The molecule has 1 atom stereocenters. The highest BCUT2D eigenvalue weighted by atomic mass is 19.1. The highest BCUT2D eigenvalue weighted by Crippen LogP contribution is 2.30. The van der Waals surface area contributed by atoms with E-state index in [0.717, 1.165) is 85.5 Å². The largest absolute Gasteiger partial charge is 0.353 e. The molecule has 4 aromatic rings. The van der Waals surface area contributed by atoms with Crippen LogP contribution in [0.15, 0.2) is 72.9 Å². The maximum absolute atomic E-state index is 13.7. The molecule has 8 nitrogen and oxygen atoms in total. The van der Waals surface area contributed by atoms with E-state index in [-0.39, 0.29) is 11.7 Å². The van der Waals surface area contributed by atoms with Gasteiger partial charge >= 0.3 is 0 Å². The van der Waals surface area contributed by atoms with Crippen LogP contribution < -0.4 is 14.7 Å². The Hall–Kier alpha value is -4.53. The summed E-state index contributed by atoms with van der Waals surface area (Å²) in [5.74, 6) is 2.22. The number of carbonyl (C=O) groups excluding carboxylic acids is 1.